The van der Waals surface area contributed by atoms with Crippen LogP contribution < -0.4 is 5.32 Å². The SMILES string of the molecule is CC(c1ccccc1F)N(C)C(=O)NC[C@H](O)C(=O)O. The van der Waals surface area contributed by atoms with E-state index in [4.69, 9.17) is 10.2 Å². The molecular weight excluding hydrogens is 267 g/mol. The number of hydrogen-bond acceptors (Lipinski definition) is 3. The molecule has 0 saturated carbocycles. The first kappa shape index (κ1) is 15.9. The summed E-state index contributed by atoms with van der Waals surface area (Å²) < 4.78 is 13.6. The van der Waals surface area contributed by atoms with E-state index in [9.17, 15) is 14.0 Å². The Kier molecular flexibility index (Phi) is 5.45. The minimum Gasteiger partial charge on any atom is -0.479 e. The molecule has 1 aromatic rings. The summed E-state index contributed by atoms with van der Waals surface area (Å²) in [5.74, 6) is -1.85. The van der Waals surface area contributed by atoms with E-state index in [2.05, 4.69) is 5.32 Å². The molecule has 2 atom stereocenters. The number of urea groups is 1. The lowest BCUT2D eigenvalue weighted by Crippen LogP contribution is -2.43. The summed E-state index contributed by atoms with van der Waals surface area (Å²) in [6.07, 6.45) is -1.67. The summed E-state index contributed by atoms with van der Waals surface area (Å²) in [7, 11) is 1.46. The molecule has 6 nitrogen and oxygen atoms in total. The van der Waals surface area contributed by atoms with E-state index < -0.39 is 36.5 Å². The number of carboxylic acids is 1. The van der Waals surface area contributed by atoms with Crippen LogP contribution in [0, 0.1) is 5.82 Å². The normalized spacial score (nSPS) is 13.4. The third-order valence-electron chi connectivity index (χ3n) is 2.99. The van der Waals surface area contributed by atoms with Gasteiger partial charge in [-0.2, -0.15) is 0 Å². The first-order valence-electron chi connectivity index (χ1n) is 6.00. The lowest BCUT2D eigenvalue weighted by molar-refractivity contribution is -0.146. The van der Waals surface area contributed by atoms with Crippen LogP contribution in [0.4, 0.5) is 9.18 Å². The topological polar surface area (TPSA) is 89.9 Å². The molecule has 0 aromatic heterocycles. The Hall–Kier alpha value is -2.15. The predicted molar refractivity (Wildman–Crippen MR) is 69.6 cm³/mol. The number of benzene rings is 1. The number of rotatable bonds is 5. The van der Waals surface area contributed by atoms with E-state index in [1.165, 1.54) is 18.0 Å². The fraction of sp³-hybridized carbons (Fsp3) is 0.385. The molecular formula is C13H17FN2O4. The van der Waals surface area contributed by atoms with E-state index in [1.54, 1.807) is 25.1 Å². The van der Waals surface area contributed by atoms with Gasteiger partial charge >= 0.3 is 12.0 Å². The summed E-state index contributed by atoms with van der Waals surface area (Å²) in [6.45, 7) is 1.23. The van der Waals surface area contributed by atoms with Gasteiger partial charge in [-0.3, -0.25) is 0 Å². The number of carbonyl (C=O) groups excluding carboxylic acids is 1. The maximum Gasteiger partial charge on any atom is 0.334 e. The van der Waals surface area contributed by atoms with Crippen LogP contribution in [-0.2, 0) is 4.79 Å². The van der Waals surface area contributed by atoms with Gasteiger partial charge < -0.3 is 20.4 Å². The first-order chi connectivity index (χ1) is 9.34. The van der Waals surface area contributed by atoms with Crippen molar-refractivity contribution in [2.75, 3.05) is 13.6 Å². The lowest BCUT2D eigenvalue weighted by atomic mass is 10.1. The molecule has 1 unspecified atom stereocenters. The second kappa shape index (κ2) is 6.85. The molecule has 0 aliphatic carbocycles. The highest BCUT2D eigenvalue weighted by molar-refractivity contribution is 5.77. The van der Waals surface area contributed by atoms with Crippen molar-refractivity contribution in [3.63, 3.8) is 0 Å². The van der Waals surface area contributed by atoms with Crippen molar-refractivity contribution in [3.05, 3.63) is 35.6 Å². The Labute approximate surface area is 115 Å². The average molecular weight is 284 g/mol. The van der Waals surface area contributed by atoms with Gasteiger partial charge in [0, 0.05) is 12.6 Å². The fourth-order valence-corrected chi connectivity index (χ4v) is 1.59. The van der Waals surface area contributed by atoms with Crippen molar-refractivity contribution >= 4 is 12.0 Å². The molecule has 0 fully saturated rings. The van der Waals surface area contributed by atoms with Crippen LogP contribution in [0.3, 0.4) is 0 Å². The number of amides is 2. The molecule has 7 heteroatoms. The van der Waals surface area contributed by atoms with Gasteiger partial charge in [0.15, 0.2) is 6.10 Å². The van der Waals surface area contributed by atoms with Crippen LogP contribution in [0.1, 0.15) is 18.5 Å². The summed E-state index contributed by atoms with van der Waals surface area (Å²) in [6, 6.07) is 4.95. The van der Waals surface area contributed by atoms with Crippen molar-refractivity contribution in [1.29, 1.82) is 0 Å². The quantitative estimate of drug-likeness (QED) is 0.751. The Morgan fingerprint density at radius 3 is 2.55 bits per heavy atom. The molecule has 0 saturated heterocycles. The number of aliphatic hydroxyl groups excluding tert-OH is 1. The number of hydrogen-bond donors (Lipinski definition) is 3. The molecule has 0 heterocycles. The van der Waals surface area contributed by atoms with E-state index in [-0.39, 0.29) is 0 Å². The van der Waals surface area contributed by atoms with Crippen LogP contribution in [-0.4, -0.2) is 46.8 Å². The smallest absolute Gasteiger partial charge is 0.334 e. The Morgan fingerprint density at radius 1 is 1.40 bits per heavy atom. The van der Waals surface area contributed by atoms with Gasteiger partial charge in [0.25, 0.3) is 0 Å². The van der Waals surface area contributed by atoms with E-state index in [0.29, 0.717) is 5.56 Å². The zero-order valence-corrected chi connectivity index (χ0v) is 11.2. The van der Waals surface area contributed by atoms with Gasteiger partial charge in [-0.25, -0.2) is 14.0 Å². The highest BCUT2D eigenvalue weighted by atomic mass is 19.1. The number of aliphatic carboxylic acids is 1. The minimum absolute atomic E-state index is 0.351. The van der Waals surface area contributed by atoms with Gasteiger partial charge in [0.2, 0.25) is 0 Å². The van der Waals surface area contributed by atoms with E-state index in [0.717, 1.165) is 0 Å². The number of aliphatic hydroxyl groups is 1. The number of nitrogens with zero attached hydrogens (tertiary/aromatic N) is 1. The van der Waals surface area contributed by atoms with E-state index >= 15 is 0 Å². The Balaban J connectivity index is 2.65. The number of nitrogens with one attached hydrogen (secondary N) is 1. The molecule has 2 amide bonds. The standard InChI is InChI=1S/C13H17FN2O4/c1-8(9-5-3-4-6-10(9)14)16(2)13(20)15-7-11(17)12(18)19/h3-6,8,11,17H,7H2,1-2H3,(H,15,20)(H,18,19)/t8?,11-/m0/s1. The average Bonchev–Trinajstić information content (AvgIpc) is 2.43. The molecule has 0 spiro atoms. The second-order valence-electron chi connectivity index (χ2n) is 4.35. The maximum atomic E-state index is 13.6. The highest BCUT2D eigenvalue weighted by Crippen LogP contribution is 2.21. The highest BCUT2D eigenvalue weighted by Gasteiger charge is 2.21. The van der Waals surface area contributed by atoms with Crippen LogP contribution in [0.25, 0.3) is 0 Å². The summed E-state index contributed by atoms with van der Waals surface area (Å²) >= 11 is 0. The molecule has 0 aliphatic rings. The lowest BCUT2D eigenvalue weighted by Gasteiger charge is -2.26. The number of halogens is 1. The van der Waals surface area contributed by atoms with Crippen molar-refractivity contribution in [2.45, 2.75) is 19.1 Å². The Bertz CT molecular complexity index is 495. The van der Waals surface area contributed by atoms with Crippen LogP contribution >= 0.6 is 0 Å². The molecule has 0 radical (unpaired) electrons. The van der Waals surface area contributed by atoms with Crippen LogP contribution in [0.2, 0.25) is 0 Å². The second-order valence-corrected chi connectivity index (χ2v) is 4.35. The third-order valence-corrected chi connectivity index (χ3v) is 2.99. The van der Waals surface area contributed by atoms with Gasteiger partial charge in [0.1, 0.15) is 5.82 Å². The van der Waals surface area contributed by atoms with Crippen molar-refractivity contribution in [3.8, 4) is 0 Å². The van der Waals surface area contributed by atoms with Gasteiger partial charge in [-0.1, -0.05) is 18.2 Å². The van der Waals surface area contributed by atoms with Crippen molar-refractivity contribution in [2.24, 2.45) is 0 Å². The van der Waals surface area contributed by atoms with Gasteiger partial charge in [-0.15, -0.1) is 0 Å². The van der Waals surface area contributed by atoms with Crippen LogP contribution in [0.5, 0.6) is 0 Å². The van der Waals surface area contributed by atoms with E-state index in [1.807, 2.05) is 0 Å². The zero-order valence-electron chi connectivity index (χ0n) is 11.2. The number of carboxylic acid groups (broad SMARTS) is 1. The van der Waals surface area contributed by atoms with Gasteiger partial charge in [-0.05, 0) is 13.0 Å². The largest absolute Gasteiger partial charge is 0.479 e. The molecule has 1 aromatic carbocycles. The maximum absolute atomic E-state index is 13.6. The monoisotopic (exact) mass is 284 g/mol. The Morgan fingerprint density at radius 2 is 2.00 bits per heavy atom. The molecule has 0 aliphatic heterocycles. The zero-order chi connectivity index (χ0) is 15.3. The summed E-state index contributed by atoms with van der Waals surface area (Å²) in [5.41, 5.74) is 0.351. The molecule has 110 valence electrons. The molecule has 3 N–H and O–H groups in total. The summed E-state index contributed by atoms with van der Waals surface area (Å²) in [4.78, 5) is 23.4. The van der Waals surface area contributed by atoms with Crippen molar-refractivity contribution < 1.29 is 24.2 Å². The van der Waals surface area contributed by atoms with Gasteiger partial charge in [0.05, 0.1) is 12.6 Å². The fourth-order valence-electron chi connectivity index (χ4n) is 1.59. The number of carbonyl (C=O) groups is 2. The first-order valence-corrected chi connectivity index (χ1v) is 6.00. The molecule has 1 rings (SSSR count). The molecule has 20 heavy (non-hydrogen) atoms. The third kappa shape index (κ3) is 3.92. The van der Waals surface area contributed by atoms with Crippen LogP contribution in [0.15, 0.2) is 24.3 Å². The van der Waals surface area contributed by atoms with Crippen molar-refractivity contribution in [1.82, 2.24) is 10.2 Å². The molecule has 0 bridgehead atoms. The predicted octanol–water partition coefficient (Wildman–Crippen LogP) is 0.974. The minimum atomic E-state index is -1.67. The summed E-state index contributed by atoms with van der Waals surface area (Å²) in [5, 5.41) is 19.8.